The van der Waals surface area contributed by atoms with E-state index in [2.05, 4.69) is 4.90 Å². The summed E-state index contributed by atoms with van der Waals surface area (Å²) >= 11 is 12.3. The van der Waals surface area contributed by atoms with Gasteiger partial charge in [0.1, 0.15) is 5.75 Å². The van der Waals surface area contributed by atoms with Crippen LogP contribution in [0.3, 0.4) is 0 Å². The molecule has 1 aliphatic heterocycles. The highest BCUT2D eigenvalue weighted by molar-refractivity contribution is 6.33. The first-order valence-electron chi connectivity index (χ1n) is 5.65. The SMILES string of the molecule is Clc1ccccc1N1COc2c(Cl)cccc2C1. The van der Waals surface area contributed by atoms with Crippen molar-refractivity contribution in [2.75, 3.05) is 11.6 Å². The second-order valence-corrected chi connectivity index (χ2v) is 4.97. The van der Waals surface area contributed by atoms with Crippen LogP contribution in [0, 0.1) is 0 Å². The van der Waals surface area contributed by atoms with Crippen molar-refractivity contribution < 1.29 is 4.74 Å². The Balaban J connectivity index is 1.94. The molecule has 2 aromatic carbocycles. The summed E-state index contributed by atoms with van der Waals surface area (Å²) in [6, 6.07) is 13.5. The Hall–Kier alpha value is -1.38. The van der Waals surface area contributed by atoms with Gasteiger partial charge in [-0.2, -0.15) is 0 Å². The summed E-state index contributed by atoms with van der Waals surface area (Å²) in [5, 5.41) is 1.39. The molecule has 1 aliphatic rings. The number of hydrogen-bond acceptors (Lipinski definition) is 2. The van der Waals surface area contributed by atoms with E-state index in [-0.39, 0.29) is 0 Å². The number of fused-ring (bicyclic) bond motifs is 1. The molecule has 0 aliphatic carbocycles. The summed E-state index contributed by atoms with van der Waals surface area (Å²) in [7, 11) is 0. The number of nitrogens with zero attached hydrogens (tertiary/aromatic N) is 1. The van der Waals surface area contributed by atoms with Crippen molar-refractivity contribution in [2.45, 2.75) is 6.54 Å². The normalized spacial score (nSPS) is 14.0. The largest absolute Gasteiger partial charge is 0.471 e. The molecule has 4 heteroatoms. The summed E-state index contributed by atoms with van der Waals surface area (Å²) < 4.78 is 5.71. The third-order valence-electron chi connectivity index (χ3n) is 2.97. The molecule has 2 nitrogen and oxygen atoms in total. The Labute approximate surface area is 116 Å². The monoisotopic (exact) mass is 279 g/mol. The molecule has 0 N–H and O–H groups in total. The van der Waals surface area contributed by atoms with Gasteiger partial charge in [0, 0.05) is 12.1 Å². The maximum atomic E-state index is 6.19. The van der Waals surface area contributed by atoms with Crippen molar-refractivity contribution in [1.82, 2.24) is 0 Å². The predicted molar refractivity (Wildman–Crippen MR) is 74.6 cm³/mol. The zero-order valence-electron chi connectivity index (χ0n) is 9.57. The van der Waals surface area contributed by atoms with E-state index < -0.39 is 0 Å². The van der Waals surface area contributed by atoms with E-state index in [4.69, 9.17) is 27.9 Å². The number of halogens is 2. The maximum absolute atomic E-state index is 6.19. The van der Waals surface area contributed by atoms with Crippen LogP contribution in [0.15, 0.2) is 42.5 Å². The molecule has 0 saturated carbocycles. The van der Waals surface area contributed by atoms with Gasteiger partial charge in [0.25, 0.3) is 0 Å². The molecule has 0 fully saturated rings. The molecule has 0 unspecified atom stereocenters. The fraction of sp³-hybridized carbons (Fsp3) is 0.143. The van der Waals surface area contributed by atoms with E-state index >= 15 is 0 Å². The lowest BCUT2D eigenvalue weighted by Crippen LogP contribution is -2.32. The molecular formula is C14H11Cl2NO. The third-order valence-corrected chi connectivity index (χ3v) is 3.58. The summed E-state index contributed by atoms with van der Waals surface area (Å²) in [6.45, 7) is 1.21. The van der Waals surface area contributed by atoms with E-state index in [1.54, 1.807) is 0 Å². The van der Waals surface area contributed by atoms with Gasteiger partial charge in [-0.3, -0.25) is 0 Å². The van der Waals surface area contributed by atoms with Crippen molar-refractivity contribution in [1.29, 1.82) is 0 Å². The van der Waals surface area contributed by atoms with Gasteiger partial charge in [-0.15, -0.1) is 0 Å². The standard InChI is InChI=1S/C14H11Cl2NO/c15-11-5-1-2-7-13(11)17-8-10-4-3-6-12(16)14(10)18-9-17/h1-7H,8-9H2. The predicted octanol–water partition coefficient (Wildman–Crippen LogP) is 4.35. The highest BCUT2D eigenvalue weighted by Crippen LogP contribution is 2.35. The molecule has 0 amide bonds. The molecule has 2 aromatic rings. The van der Waals surface area contributed by atoms with E-state index in [9.17, 15) is 0 Å². The first kappa shape index (κ1) is 11.7. The van der Waals surface area contributed by atoms with Crippen LogP contribution < -0.4 is 9.64 Å². The van der Waals surface area contributed by atoms with E-state index in [0.717, 1.165) is 28.6 Å². The summed E-state index contributed by atoms with van der Waals surface area (Å²) in [5.74, 6) is 0.780. The van der Waals surface area contributed by atoms with Crippen LogP contribution in [0.4, 0.5) is 5.69 Å². The van der Waals surface area contributed by atoms with Gasteiger partial charge in [0.05, 0.1) is 15.7 Å². The summed E-state index contributed by atoms with van der Waals surface area (Å²) in [6.07, 6.45) is 0. The topological polar surface area (TPSA) is 12.5 Å². The smallest absolute Gasteiger partial charge is 0.161 e. The van der Waals surface area contributed by atoms with E-state index in [1.165, 1.54) is 0 Å². The zero-order chi connectivity index (χ0) is 12.5. The molecule has 0 saturated heterocycles. The number of para-hydroxylation sites is 2. The fourth-order valence-electron chi connectivity index (χ4n) is 2.10. The van der Waals surface area contributed by atoms with Crippen LogP contribution in [0.2, 0.25) is 10.0 Å². The molecule has 1 heterocycles. The lowest BCUT2D eigenvalue weighted by Gasteiger charge is -2.31. The summed E-state index contributed by atoms with van der Waals surface area (Å²) in [5.41, 5.74) is 2.05. The molecule has 0 aromatic heterocycles. The highest BCUT2D eigenvalue weighted by Gasteiger charge is 2.20. The molecule has 0 spiro atoms. The quantitative estimate of drug-likeness (QED) is 0.770. The zero-order valence-corrected chi connectivity index (χ0v) is 11.1. The third kappa shape index (κ3) is 2.02. The van der Waals surface area contributed by atoms with Gasteiger partial charge in [-0.1, -0.05) is 47.5 Å². The second kappa shape index (κ2) is 4.71. The van der Waals surface area contributed by atoms with Gasteiger partial charge in [-0.05, 0) is 18.2 Å². The van der Waals surface area contributed by atoms with Crippen LogP contribution in [-0.2, 0) is 6.54 Å². The van der Waals surface area contributed by atoms with Crippen LogP contribution in [-0.4, -0.2) is 6.73 Å². The summed E-state index contributed by atoms with van der Waals surface area (Å²) in [4.78, 5) is 2.08. The van der Waals surface area contributed by atoms with Gasteiger partial charge in [0.15, 0.2) is 6.73 Å². The number of rotatable bonds is 1. The van der Waals surface area contributed by atoms with E-state index in [0.29, 0.717) is 11.8 Å². The Morgan fingerprint density at radius 1 is 0.944 bits per heavy atom. The number of hydrogen-bond donors (Lipinski definition) is 0. The molecular weight excluding hydrogens is 269 g/mol. The number of benzene rings is 2. The average molecular weight is 280 g/mol. The van der Waals surface area contributed by atoms with Crippen LogP contribution in [0.1, 0.15) is 5.56 Å². The second-order valence-electron chi connectivity index (χ2n) is 4.15. The molecule has 0 bridgehead atoms. The molecule has 18 heavy (non-hydrogen) atoms. The first-order chi connectivity index (χ1) is 8.75. The first-order valence-corrected chi connectivity index (χ1v) is 6.41. The van der Waals surface area contributed by atoms with Crippen molar-refractivity contribution in [3.8, 4) is 5.75 Å². The van der Waals surface area contributed by atoms with Gasteiger partial charge < -0.3 is 9.64 Å². The lowest BCUT2D eigenvalue weighted by atomic mass is 10.1. The molecule has 3 rings (SSSR count). The lowest BCUT2D eigenvalue weighted by molar-refractivity contribution is 0.289. The maximum Gasteiger partial charge on any atom is 0.161 e. The van der Waals surface area contributed by atoms with Crippen molar-refractivity contribution in [2.24, 2.45) is 0 Å². The molecule has 92 valence electrons. The Morgan fingerprint density at radius 3 is 2.56 bits per heavy atom. The van der Waals surface area contributed by atoms with Crippen molar-refractivity contribution >= 4 is 28.9 Å². The molecule has 0 radical (unpaired) electrons. The Bertz CT molecular complexity index is 586. The number of anilines is 1. The van der Waals surface area contributed by atoms with Gasteiger partial charge >= 0.3 is 0 Å². The minimum absolute atomic E-state index is 0.459. The van der Waals surface area contributed by atoms with Crippen LogP contribution in [0.25, 0.3) is 0 Å². The molecule has 0 atom stereocenters. The van der Waals surface area contributed by atoms with Crippen molar-refractivity contribution in [3.05, 3.63) is 58.1 Å². The number of ether oxygens (including phenoxy) is 1. The minimum Gasteiger partial charge on any atom is -0.471 e. The van der Waals surface area contributed by atoms with Crippen LogP contribution >= 0.6 is 23.2 Å². The minimum atomic E-state index is 0.459. The fourth-order valence-corrected chi connectivity index (χ4v) is 2.60. The van der Waals surface area contributed by atoms with Crippen LogP contribution in [0.5, 0.6) is 5.75 Å². The van der Waals surface area contributed by atoms with Crippen molar-refractivity contribution in [3.63, 3.8) is 0 Å². The Morgan fingerprint density at radius 2 is 1.72 bits per heavy atom. The Kier molecular flexibility index (Phi) is 3.06. The van der Waals surface area contributed by atoms with Gasteiger partial charge in [-0.25, -0.2) is 0 Å². The van der Waals surface area contributed by atoms with E-state index in [1.807, 2.05) is 42.5 Å². The highest BCUT2D eigenvalue weighted by atomic mass is 35.5. The van der Waals surface area contributed by atoms with Gasteiger partial charge in [0.2, 0.25) is 0 Å². The average Bonchev–Trinajstić information content (AvgIpc) is 2.39.